The zero-order valence-corrected chi connectivity index (χ0v) is 13.2. The van der Waals surface area contributed by atoms with Crippen molar-refractivity contribution in [2.45, 2.75) is 26.2 Å². The fourth-order valence-corrected chi connectivity index (χ4v) is 2.88. The van der Waals surface area contributed by atoms with Crippen molar-refractivity contribution in [2.75, 3.05) is 7.11 Å². The van der Waals surface area contributed by atoms with E-state index in [-0.39, 0.29) is 0 Å². The van der Waals surface area contributed by atoms with Gasteiger partial charge < -0.3 is 4.74 Å². The number of benzene rings is 2. The lowest BCUT2D eigenvalue weighted by atomic mass is 10.0. The lowest BCUT2D eigenvalue weighted by molar-refractivity contribution is 0.414. The summed E-state index contributed by atoms with van der Waals surface area (Å²) in [5, 5.41) is 1.28. The van der Waals surface area contributed by atoms with Crippen LogP contribution in [0.15, 0.2) is 54.6 Å². The van der Waals surface area contributed by atoms with Crippen LogP contribution in [0.3, 0.4) is 0 Å². The van der Waals surface area contributed by atoms with Crippen molar-refractivity contribution in [1.29, 1.82) is 0 Å². The fraction of sp³-hybridized carbons (Fsp3) is 0.250. The van der Waals surface area contributed by atoms with Crippen molar-refractivity contribution >= 4 is 10.9 Å². The van der Waals surface area contributed by atoms with E-state index in [4.69, 9.17) is 4.74 Å². The van der Waals surface area contributed by atoms with E-state index in [9.17, 15) is 0 Å². The molecular formula is C20H21NO. The Labute approximate surface area is 131 Å². The number of aryl methyl sites for hydroxylation is 3. The quantitative estimate of drug-likeness (QED) is 0.678. The number of ether oxygens (including phenoxy) is 1. The molecule has 0 aliphatic carbocycles. The summed E-state index contributed by atoms with van der Waals surface area (Å²) in [6.07, 6.45) is 3.30. The molecule has 0 radical (unpaired) electrons. The third-order valence-corrected chi connectivity index (χ3v) is 4.00. The van der Waals surface area contributed by atoms with Crippen molar-refractivity contribution < 1.29 is 4.74 Å². The molecule has 0 amide bonds. The molecule has 1 heterocycles. The van der Waals surface area contributed by atoms with Crippen LogP contribution >= 0.6 is 0 Å². The Morgan fingerprint density at radius 1 is 0.955 bits per heavy atom. The minimum atomic E-state index is 0.916. The summed E-state index contributed by atoms with van der Waals surface area (Å²) in [6, 6.07) is 19.0. The van der Waals surface area contributed by atoms with Crippen LogP contribution in [0, 0.1) is 6.92 Å². The molecule has 3 rings (SSSR count). The SMILES string of the molecule is COc1ccc(CCCc2cc(C)nc3ccccc23)cc1. The van der Waals surface area contributed by atoms with Gasteiger partial charge in [-0.05, 0) is 61.6 Å². The summed E-state index contributed by atoms with van der Waals surface area (Å²) >= 11 is 0. The normalized spacial score (nSPS) is 10.8. The topological polar surface area (TPSA) is 22.1 Å². The zero-order chi connectivity index (χ0) is 15.4. The van der Waals surface area contributed by atoms with Gasteiger partial charge in [0.05, 0.1) is 12.6 Å². The summed E-state index contributed by atoms with van der Waals surface area (Å²) in [5.74, 6) is 0.916. The Bertz CT molecular complexity index is 762. The summed E-state index contributed by atoms with van der Waals surface area (Å²) in [6.45, 7) is 2.07. The van der Waals surface area contributed by atoms with Crippen molar-refractivity contribution in [2.24, 2.45) is 0 Å². The van der Waals surface area contributed by atoms with Gasteiger partial charge in [0.15, 0.2) is 0 Å². The molecule has 0 fully saturated rings. The second kappa shape index (κ2) is 6.61. The molecule has 2 heteroatoms. The molecule has 2 nitrogen and oxygen atoms in total. The molecule has 0 saturated carbocycles. The van der Waals surface area contributed by atoms with Crippen LogP contribution in [-0.4, -0.2) is 12.1 Å². The van der Waals surface area contributed by atoms with Crippen LogP contribution in [0.1, 0.15) is 23.2 Å². The van der Waals surface area contributed by atoms with Crippen LogP contribution in [-0.2, 0) is 12.8 Å². The Morgan fingerprint density at radius 2 is 1.73 bits per heavy atom. The standard InChI is InChI=1S/C20H21NO/c1-15-14-17(19-8-3-4-9-20(19)21-15)7-5-6-16-10-12-18(22-2)13-11-16/h3-4,8-14H,5-7H2,1-2H3. The number of pyridine rings is 1. The highest BCUT2D eigenvalue weighted by Gasteiger charge is 2.04. The van der Waals surface area contributed by atoms with Gasteiger partial charge in [-0.2, -0.15) is 0 Å². The first-order chi connectivity index (χ1) is 10.8. The summed E-state index contributed by atoms with van der Waals surface area (Å²) in [5.41, 5.74) is 4.95. The lowest BCUT2D eigenvalue weighted by Crippen LogP contribution is -1.95. The Morgan fingerprint density at radius 3 is 2.50 bits per heavy atom. The molecule has 1 aromatic heterocycles. The lowest BCUT2D eigenvalue weighted by Gasteiger charge is -2.08. The van der Waals surface area contributed by atoms with Crippen molar-refractivity contribution in [3.63, 3.8) is 0 Å². The number of aromatic nitrogens is 1. The molecule has 0 unspecified atom stereocenters. The van der Waals surface area contributed by atoms with Crippen molar-refractivity contribution in [1.82, 2.24) is 4.98 Å². The number of hydrogen-bond acceptors (Lipinski definition) is 2. The highest BCUT2D eigenvalue weighted by atomic mass is 16.5. The largest absolute Gasteiger partial charge is 0.497 e. The third kappa shape index (κ3) is 3.28. The van der Waals surface area contributed by atoms with E-state index in [1.165, 1.54) is 16.5 Å². The first-order valence-electron chi connectivity index (χ1n) is 7.74. The van der Waals surface area contributed by atoms with Crippen LogP contribution in [0.2, 0.25) is 0 Å². The monoisotopic (exact) mass is 291 g/mol. The second-order valence-corrected chi connectivity index (χ2v) is 5.64. The van der Waals surface area contributed by atoms with Gasteiger partial charge in [-0.3, -0.25) is 4.98 Å². The van der Waals surface area contributed by atoms with E-state index in [1.54, 1.807) is 7.11 Å². The van der Waals surface area contributed by atoms with E-state index in [0.717, 1.165) is 36.2 Å². The van der Waals surface area contributed by atoms with Crippen molar-refractivity contribution in [3.05, 3.63) is 71.4 Å². The van der Waals surface area contributed by atoms with E-state index in [0.29, 0.717) is 0 Å². The highest BCUT2D eigenvalue weighted by Crippen LogP contribution is 2.20. The molecule has 0 bridgehead atoms. The molecule has 112 valence electrons. The van der Waals surface area contributed by atoms with Gasteiger partial charge in [-0.1, -0.05) is 30.3 Å². The molecule has 2 aromatic carbocycles. The van der Waals surface area contributed by atoms with Gasteiger partial charge >= 0.3 is 0 Å². The van der Waals surface area contributed by atoms with Gasteiger partial charge in [0.1, 0.15) is 5.75 Å². The third-order valence-electron chi connectivity index (χ3n) is 4.00. The Hall–Kier alpha value is -2.35. The second-order valence-electron chi connectivity index (χ2n) is 5.64. The summed E-state index contributed by atoms with van der Waals surface area (Å²) in [7, 11) is 1.70. The highest BCUT2D eigenvalue weighted by molar-refractivity contribution is 5.82. The summed E-state index contributed by atoms with van der Waals surface area (Å²) in [4.78, 5) is 4.61. The number of para-hydroxylation sites is 1. The molecule has 22 heavy (non-hydrogen) atoms. The van der Waals surface area contributed by atoms with E-state index < -0.39 is 0 Å². The minimum absolute atomic E-state index is 0.916. The maximum atomic E-state index is 5.20. The van der Waals surface area contributed by atoms with E-state index in [2.05, 4.69) is 54.4 Å². The summed E-state index contributed by atoms with van der Waals surface area (Å²) < 4.78 is 5.20. The van der Waals surface area contributed by atoms with Crippen LogP contribution in [0.4, 0.5) is 0 Å². The van der Waals surface area contributed by atoms with E-state index >= 15 is 0 Å². The van der Waals surface area contributed by atoms with Crippen LogP contribution in [0.5, 0.6) is 5.75 Å². The fourth-order valence-electron chi connectivity index (χ4n) is 2.88. The minimum Gasteiger partial charge on any atom is -0.497 e. The molecule has 3 aromatic rings. The average Bonchev–Trinajstić information content (AvgIpc) is 2.55. The van der Waals surface area contributed by atoms with Crippen molar-refractivity contribution in [3.8, 4) is 5.75 Å². The smallest absolute Gasteiger partial charge is 0.118 e. The molecule has 0 saturated heterocycles. The molecule has 0 aliphatic rings. The number of nitrogens with zero attached hydrogens (tertiary/aromatic N) is 1. The maximum absolute atomic E-state index is 5.20. The predicted octanol–water partition coefficient (Wildman–Crippen LogP) is 4.73. The van der Waals surface area contributed by atoms with Gasteiger partial charge in [-0.15, -0.1) is 0 Å². The molecular weight excluding hydrogens is 270 g/mol. The first kappa shape index (κ1) is 14.6. The predicted molar refractivity (Wildman–Crippen MR) is 91.5 cm³/mol. The molecule has 0 atom stereocenters. The number of rotatable bonds is 5. The number of fused-ring (bicyclic) bond motifs is 1. The maximum Gasteiger partial charge on any atom is 0.118 e. The van der Waals surface area contributed by atoms with E-state index in [1.807, 2.05) is 12.1 Å². The first-order valence-corrected chi connectivity index (χ1v) is 7.74. The zero-order valence-electron chi connectivity index (χ0n) is 13.2. The van der Waals surface area contributed by atoms with Gasteiger partial charge in [0.25, 0.3) is 0 Å². The van der Waals surface area contributed by atoms with Gasteiger partial charge in [0, 0.05) is 11.1 Å². The average molecular weight is 291 g/mol. The molecule has 0 spiro atoms. The number of hydrogen-bond donors (Lipinski definition) is 0. The van der Waals surface area contributed by atoms with Gasteiger partial charge in [-0.25, -0.2) is 0 Å². The van der Waals surface area contributed by atoms with Crippen LogP contribution in [0.25, 0.3) is 10.9 Å². The molecule has 0 N–H and O–H groups in total. The Balaban J connectivity index is 1.71. The van der Waals surface area contributed by atoms with Crippen LogP contribution < -0.4 is 4.74 Å². The Kier molecular flexibility index (Phi) is 4.38. The number of methoxy groups -OCH3 is 1. The van der Waals surface area contributed by atoms with Gasteiger partial charge in [0.2, 0.25) is 0 Å². The molecule has 0 aliphatic heterocycles.